The first-order valence-electron chi connectivity index (χ1n) is 6.42. The van der Waals surface area contributed by atoms with Crippen LogP contribution in [0.3, 0.4) is 0 Å². The molecule has 0 N–H and O–H groups in total. The van der Waals surface area contributed by atoms with Crippen LogP contribution in [0.2, 0.25) is 0 Å². The van der Waals surface area contributed by atoms with Crippen LogP contribution >= 0.6 is 0 Å². The second-order valence-corrected chi connectivity index (χ2v) is 7.16. The van der Waals surface area contributed by atoms with Gasteiger partial charge in [0.15, 0.2) is 15.6 Å². The summed E-state index contributed by atoms with van der Waals surface area (Å²) in [7, 11) is -3.59. The van der Waals surface area contributed by atoms with E-state index in [4.69, 9.17) is 4.74 Å². The Labute approximate surface area is 122 Å². The van der Waals surface area contributed by atoms with Crippen LogP contribution < -0.4 is 0 Å². The Morgan fingerprint density at radius 1 is 1.38 bits per heavy atom. The van der Waals surface area contributed by atoms with Gasteiger partial charge in [-0.2, -0.15) is 0 Å². The first-order chi connectivity index (χ1) is 9.81. The minimum atomic E-state index is -3.59. The van der Waals surface area contributed by atoms with Crippen LogP contribution in [-0.4, -0.2) is 42.8 Å². The number of Topliss-reactive ketones (excluding diaryl/α,β-unsaturated/α-hetero) is 1. The number of carbonyl (C=O) groups is 1. The largest absolute Gasteiger partial charge is 0.377 e. The zero-order valence-corrected chi connectivity index (χ0v) is 12.2. The van der Waals surface area contributed by atoms with Gasteiger partial charge in [-0.05, 0) is 25.5 Å². The number of hydrogen-bond donors (Lipinski definition) is 0. The number of nitrogens with zero attached hydrogens (tertiary/aromatic N) is 1. The molecule has 1 aliphatic rings. The van der Waals surface area contributed by atoms with Gasteiger partial charge in [0.2, 0.25) is 0 Å². The molecular weight excluding hydrogens is 298 g/mol. The Balaban J connectivity index is 2.12. The Kier molecular flexibility index (Phi) is 4.38. The summed E-state index contributed by atoms with van der Waals surface area (Å²) in [5, 5.41) is 9.86. The molecule has 0 spiro atoms. The molecule has 0 amide bonds. The Hall–Kier alpha value is -1.80. The van der Waals surface area contributed by atoms with Crippen molar-refractivity contribution in [2.24, 2.45) is 0 Å². The number of ether oxygens (including phenoxy) is 1. The predicted molar refractivity (Wildman–Crippen MR) is 75.0 cm³/mol. The van der Waals surface area contributed by atoms with E-state index >= 15 is 0 Å². The standard InChI is InChI=1S/C13H15NO6S/c1-9-13(6-7-20-9)21(18,19)8-12(15)10-2-4-11(5-3-10)14(16)17/h2-5,9,13H,6-8H2,1H3. The van der Waals surface area contributed by atoms with Gasteiger partial charge in [0.25, 0.3) is 5.69 Å². The fourth-order valence-corrected chi connectivity index (χ4v) is 4.19. The third-order valence-electron chi connectivity index (χ3n) is 3.50. The van der Waals surface area contributed by atoms with E-state index in [1.807, 2.05) is 0 Å². The van der Waals surface area contributed by atoms with Gasteiger partial charge < -0.3 is 4.74 Å². The van der Waals surface area contributed by atoms with Gasteiger partial charge in [0, 0.05) is 24.3 Å². The second kappa shape index (κ2) is 5.90. The molecule has 0 aromatic heterocycles. The average Bonchev–Trinajstić information content (AvgIpc) is 2.85. The summed E-state index contributed by atoms with van der Waals surface area (Å²) >= 11 is 0. The van der Waals surface area contributed by atoms with E-state index in [9.17, 15) is 23.3 Å². The molecule has 21 heavy (non-hydrogen) atoms. The predicted octanol–water partition coefficient (Wildman–Crippen LogP) is 1.37. The van der Waals surface area contributed by atoms with E-state index < -0.39 is 37.7 Å². The third-order valence-corrected chi connectivity index (χ3v) is 5.71. The lowest BCUT2D eigenvalue weighted by molar-refractivity contribution is -0.384. The van der Waals surface area contributed by atoms with E-state index in [0.29, 0.717) is 13.0 Å². The highest BCUT2D eigenvalue weighted by atomic mass is 32.2. The molecule has 1 aromatic rings. The molecule has 1 aliphatic heterocycles. The molecule has 0 bridgehead atoms. The molecule has 0 saturated carbocycles. The fraction of sp³-hybridized carbons (Fsp3) is 0.462. The SMILES string of the molecule is CC1OCCC1S(=O)(=O)CC(=O)c1ccc([N+](=O)[O-])cc1. The van der Waals surface area contributed by atoms with Crippen molar-refractivity contribution < 1.29 is 22.9 Å². The maximum absolute atomic E-state index is 12.2. The number of nitro benzene ring substituents is 1. The molecule has 0 radical (unpaired) electrons. The average molecular weight is 313 g/mol. The lowest BCUT2D eigenvalue weighted by Gasteiger charge is -2.14. The van der Waals surface area contributed by atoms with Gasteiger partial charge in [-0.15, -0.1) is 0 Å². The zero-order valence-electron chi connectivity index (χ0n) is 11.4. The Morgan fingerprint density at radius 3 is 2.48 bits per heavy atom. The summed E-state index contributed by atoms with van der Waals surface area (Å²) in [5.74, 6) is -1.17. The van der Waals surface area contributed by atoms with Gasteiger partial charge in [-0.3, -0.25) is 14.9 Å². The van der Waals surface area contributed by atoms with Crippen molar-refractivity contribution in [3.63, 3.8) is 0 Å². The van der Waals surface area contributed by atoms with Crippen molar-refractivity contribution in [3.8, 4) is 0 Å². The molecular formula is C13H15NO6S. The number of hydrogen-bond acceptors (Lipinski definition) is 6. The molecule has 7 nitrogen and oxygen atoms in total. The van der Waals surface area contributed by atoms with Crippen LogP contribution in [0, 0.1) is 10.1 Å². The first kappa shape index (κ1) is 15.6. The number of non-ortho nitro benzene ring substituents is 1. The Bertz CT molecular complexity index is 652. The summed E-state index contributed by atoms with van der Waals surface area (Å²) in [6.45, 7) is 2.04. The number of rotatable bonds is 5. The van der Waals surface area contributed by atoms with Crippen molar-refractivity contribution >= 4 is 21.3 Å². The summed E-state index contributed by atoms with van der Waals surface area (Å²) in [4.78, 5) is 22.0. The number of benzene rings is 1. The van der Waals surface area contributed by atoms with Crippen molar-refractivity contribution in [1.82, 2.24) is 0 Å². The van der Waals surface area contributed by atoms with Crippen LogP contribution in [0.1, 0.15) is 23.7 Å². The van der Waals surface area contributed by atoms with Crippen LogP contribution in [0.15, 0.2) is 24.3 Å². The lowest BCUT2D eigenvalue weighted by atomic mass is 10.1. The van der Waals surface area contributed by atoms with Crippen LogP contribution in [0.4, 0.5) is 5.69 Å². The normalized spacial score (nSPS) is 22.1. The molecule has 8 heteroatoms. The highest BCUT2D eigenvalue weighted by Gasteiger charge is 2.37. The van der Waals surface area contributed by atoms with E-state index in [1.165, 1.54) is 24.3 Å². The molecule has 1 aromatic carbocycles. The first-order valence-corrected chi connectivity index (χ1v) is 8.13. The fourth-order valence-electron chi connectivity index (χ4n) is 2.33. The van der Waals surface area contributed by atoms with E-state index in [1.54, 1.807) is 6.92 Å². The van der Waals surface area contributed by atoms with Gasteiger partial charge in [0.05, 0.1) is 16.3 Å². The summed E-state index contributed by atoms with van der Waals surface area (Å²) < 4.78 is 29.6. The summed E-state index contributed by atoms with van der Waals surface area (Å²) in [6, 6.07) is 4.90. The molecule has 1 saturated heterocycles. The minimum Gasteiger partial charge on any atom is -0.377 e. The summed E-state index contributed by atoms with van der Waals surface area (Å²) in [5.41, 5.74) is 0.00275. The topological polar surface area (TPSA) is 104 Å². The second-order valence-electron chi connectivity index (χ2n) is 4.94. The third kappa shape index (κ3) is 3.45. The van der Waals surface area contributed by atoms with Gasteiger partial charge in [-0.1, -0.05) is 0 Å². The van der Waals surface area contributed by atoms with Gasteiger partial charge in [-0.25, -0.2) is 8.42 Å². The quantitative estimate of drug-likeness (QED) is 0.462. The smallest absolute Gasteiger partial charge is 0.269 e. The van der Waals surface area contributed by atoms with E-state index in [2.05, 4.69) is 0 Å². The van der Waals surface area contributed by atoms with Gasteiger partial charge >= 0.3 is 0 Å². The molecule has 114 valence electrons. The van der Waals surface area contributed by atoms with Gasteiger partial charge in [0.1, 0.15) is 5.75 Å². The van der Waals surface area contributed by atoms with E-state index in [0.717, 1.165) is 0 Å². The number of ketones is 1. The van der Waals surface area contributed by atoms with Crippen molar-refractivity contribution in [3.05, 3.63) is 39.9 Å². The monoisotopic (exact) mass is 313 g/mol. The minimum absolute atomic E-state index is 0.146. The highest BCUT2D eigenvalue weighted by molar-refractivity contribution is 7.92. The Morgan fingerprint density at radius 2 is 2.00 bits per heavy atom. The summed E-state index contributed by atoms with van der Waals surface area (Å²) in [6.07, 6.45) is -0.0310. The molecule has 0 aliphatic carbocycles. The molecule has 1 heterocycles. The van der Waals surface area contributed by atoms with Crippen LogP contribution in [-0.2, 0) is 14.6 Å². The zero-order chi connectivity index (χ0) is 15.6. The van der Waals surface area contributed by atoms with Crippen LogP contribution in [0.25, 0.3) is 0 Å². The van der Waals surface area contributed by atoms with E-state index in [-0.39, 0.29) is 11.3 Å². The number of sulfone groups is 1. The number of carbonyl (C=O) groups excluding carboxylic acids is 1. The maximum atomic E-state index is 12.2. The molecule has 2 rings (SSSR count). The number of nitro groups is 1. The lowest BCUT2D eigenvalue weighted by Crippen LogP contribution is -2.32. The van der Waals surface area contributed by atoms with Crippen molar-refractivity contribution in [1.29, 1.82) is 0 Å². The maximum Gasteiger partial charge on any atom is 0.269 e. The van der Waals surface area contributed by atoms with Crippen molar-refractivity contribution in [2.75, 3.05) is 12.4 Å². The molecule has 1 fully saturated rings. The highest BCUT2D eigenvalue weighted by Crippen LogP contribution is 2.22. The molecule has 2 atom stereocenters. The van der Waals surface area contributed by atoms with Crippen LogP contribution in [0.5, 0.6) is 0 Å². The van der Waals surface area contributed by atoms with Crippen molar-refractivity contribution in [2.45, 2.75) is 24.7 Å². The molecule has 2 unspecified atom stereocenters.